The van der Waals surface area contributed by atoms with Crippen LogP contribution in [-0.4, -0.2) is 61.0 Å². The van der Waals surface area contributed by atoms with E-state index in [0.717, 1.165) is 24.3 Å². The second kappa shape index (κ2) is 10.7. The fraction of sp³-hybridized carbons (Fsp3) is 0.667. The summed E-state index contributed by atoms with van der Waals surface area (Å²) in [6, 6.07) is 6.14. The Hall–Kier alpha value is -1.22. The lowest BCUT2D eigenvalue weighted by molar-refractivity contribution is 0.116. The molecule has 2 atom stereocenters. The quantitative estimate of drug-likeness (QED) is 0.603. The molecule has 1 aromatic rings. The minimum absolute atomic E-state index is 0.285. The van der Waals surface area contributed by atoms with Crippen LogP contribution in [0.4, 0.5) is 5.69 Å². The maximum absolute atomic E-state index is 12.8. The van der Waals surface area contributed by atoms with Crippen molar-refractivity contribution in [1.82, 2.24) is 14.5 Å². The highest BCUT2D eigenvalue weighted by Gasteiger charge is 2.24. The molecule has 2 rings (SSSR count). The molecule has 0 aromatic heterocycles. The second-order valence-corrected chi connectivity index (χ2v) is 10.2. The number of thiocarbonyl (C=S) groups is 1. The predicted molar refractivity (Wildman–Crippen MR) is 125 cm³/mol. The van der Waals surface area contributed by atoms with Gasteiger partial charge < -0.3 is 10.6 Å². The van der Waals surface area contributed by atoms with Gasteiger partial charge in [-0.2, -0.15) is 4.31 Å². The van der Waals surface area contributed by atoms with E-state index in [-0.39, 0.29) is 4.90 Å². The van der Waals surface area contributed by atoms with Gasteiger partial charge in [-0.05, 0) is 70.1 Å². The van der Waals surface area contributed by atoms with Crippen molar-refractivity contribution in [3.8, 4) is 0 Å². The van der Waals surface area contributed by atoms with E-state index >= 15 is 0 Å². The number of likely N-dealkylation sites (tertiary alicyclic amines) is 1. The molecule has 2 N–H and O–H groups in total. The van der Waals surface area contributed by atoms with Gasteiger partial charge in [-0.1, -0.05) is 26.3 Å². The normalized spacial score (nSPS) is 19.2. The van der Waals surface area contributed by atoms with Gasteiger partial charge in [-0.3, -0.25) is 4.90 Å². The minimum atomic E-state index is -3.50. The van der Waals surface area contributed by atoms with Gasteiger partial charge in [0.25, 0.3) is 0 Å². The molecule has 8 heteroatoms. The average Bonchev–Trinajstić information content (AvgIpc) is 2.68. The molecule has 0 bridgehead atoms. The van der Waals surface area contributed by atoms with Gasteiger partial charge >= 0.3 is 0 Å². The zero-order chi connectivity index (χ0) is 21.6. The maximum Gasteiger partial charge on any atom is 0.243 e. The molecule has 1 fully saturated rings. The Morgan fingerprint density at radius 1 is 1.31 bits per heavy atom. The van der Waals surface area contributed by atoms with E-state index in [1.54, 1.807) is 12.1 Å². The third-order valence-corrected chi connectivity index (χ3v) is 8.07. The first-order chi connectivity index (χ1) is 13.7. The molecular formula is C21H36N4O2S2. The Morgan fingerprint density at radius 3 is 2.62 bits per heavy atom. The van der Waals surface area contributed by atoms with Crippen molar-refractivity contribution in [2.24, 2.45) is 0 Å². The Bertz CT molecular complexity index is 794. The van der Waals surface area contributed by atoms with Crippen LogP contribution in [0.5, 0.6) is 0 Å². The molecule has 0 radical (unpaired) electrons. The summed E-state index contributed by atoms with van der Waals surface area (Å²) in [4.78, 5) is 2.81. The van der Waals surface area contributed by atoms with Gasteiger partial charge in [0.2, 0.25) is 10.0 Å². The van der Waals surface area contributed by atoms with Gasteiger partial charge in [-0.25, -0.2) is 8.42 Å². The second-order valence-electron chi connectivity index (χ2n) is 7.83. The van der Waals surface area contributed by atoms with Gasteiger partial charge in [0.05, 0.1) is 4.90 Å². The summed E-state index contributed by atoms with van der Waals surface area (Å²) in [5.74, 6) is 0. The van der Waals surface area contributed by atoms with Crippen LogP contribution in [-0.2, 0) is 10.0 Å². The number of hydrogen-bond acceptors (Lipinski definition) is 4. The zero-order valence-electron chi connectivity index (χ0n) is 18.4. The van der Waals surface area contributed by atoms with Crippen LogP contribution in [0.1, 0.15) is 52.5 Å². The molecule has 1 aliphatic rings. The van der Waals surface area contributed by atoms with Crippen LogP contribution >= 0.6 is 12.2 Å². The summed E-state index contributed by atoms with van der Waals surface area (Å²) in [6.07, 6.45) is 3.81. The fourth-order valence-corrected chi connectivity index (χ4v) is 5.59. The van der Waals surface area contributed by atoms with Crippen molar-refractivity contribution in [1.29, 1.82) is 0 Å². The Morgan fingerprint density at radius 2 is 2.00 bits per heavy atom. The molecule has 29 heavy (non-hydrogen) atoms. The van der Waals surface area contributed by atoms with Crippen LogP contribution in [0, 0.1) is 6.92 Å². The molecule has 6 nitrogen and oxygen atoms in total. The minimum Gasteiger partial charge on any atom is -0.361 e. The largest absolute Gasteiger partial charge is 0.361 e. The number of piperidine rings is 1. The van der Waals surface area contributed by atoms with Crippen LogP contribution in [0.2, 0.25) is 0 Å². The van der Waals surface area contributed by atoms with Gasteiger partial charge in [0.15, 0.2) is 5.11 Å². The highest BCUT2D eigenvalue weighted by molar-refractivity contribution is 7.89. The van der Waals surface area contributed by atoms with Gasteiger partial charge in [-0.15, -0.1) is 0 Å². The molecule has 0 aliphatic carbocycles. The highest BCUT2D eigenvalue weighted by atomic mass is 32.2. The number of rotatable bonds is 8. The molecular weight excluding hydrogens is 404 g/mol. The van der Waals surface area contributed by atoms with Crippen molar-refractivity contribution in [2.75, 3.05) is 31.5 Å². The first-order valence-electron chi connectivity index (χ1n) is 10.6. The monoisotopic (exact) mass is 440 g/mol. The van der Waals surface area contributed by atoms with Gasteiger partial charge in [0, 0.05) is 37.4 Å². The lowest BCUT2D eigenvalue weighted by atomic mass is 10.0. The van der Waals surface area contributed by atoms with Gasteiger partial charge in [0.1, 0.15) is 0 Å². The Balaban J connectivity index is 2.03. The number of aryl methyl sites for hydroxylation is 1. The fourth-order valence-electron chi connectivity index (χ4n) is 3.91. The van der Waals surface area contributed by atoms with Crippen molar-refractivity contribution in [2.45, 2.75) is 70.9 Å². The summed E-state index contributed by atoms with van der Waals surface area (Å²) < 4.78 is 27.1. The highest BCUT2D eigenvalue weighted by Crippen LogP contribution is 2.23. The molecule has 1 aromatic carbocycles. The van der Waals surface area contributed by atoms with E-state index in [1.165, 1.54) is 23.6 Å². The van der Waals surface area contributed by atoms with Crippen LogP contribution in [0.25, 0.3) is 0 Å². The molecule has 0 saturated carbocycles. The number of sulfonamides is 1. The summed E-state index contributed by atoms with van der Waals surface area (Å²) in [7, 11) is -3.50. The topological polar surface area (TPSA) is 64.7 Å². The van der Waals surface area contributed by atoms with E-state index in [4.69, 9.17) is 12.2 Å². The van der Waals surface area contributed by atoms with Crippen molar-refractivity contribution in [3.05, 3.63) is 23.8 Å². The summed E-state index contributed by atoms with van der Waals surface area (Å²) in [5, 5.41) is 7.00. The van der Waals surface area contributed by atoms with Crippen LogP contribution in [0.15, 0.2) is 23.1 Å². The zero-order valence-corrected chi connectivity index (χ0v) is 20.0. The van der Waals surface area contributed by atoms with Crippen LogP contribution < -0.4 is 10.6 Å². The molecule has 1 aliphatic heterocycles. The molecule has 0 spiro atoms. The number of benzene rings is 1. The van der Waals surface area contributed by atoms with Crippen molar-refractivity contribution in [3.63, 3.8) is 0 Å². The van der Waals surface area contributed by atoms with E-state index in [2.05, 4.69) is 29.4 Å². The van der Waals surface area contributed by atoms with Crippen molar-refractivity contribution < 1.29 is 8.42 Å². The number of nitrogens with zero attached hydrogens (tertiary/aromatic N) is 2. The van der Waals surface area contributed by atoms with E-state index in [1.807, 2.05) is 26.8 Å². The smallest absolute Gasteiger partial charge is 0.243 e. The first-order valence-corrected chi connectivity index (χ1v) is 12.5. The molecule has 0 amide bonds. The number of nitrogens with one attached hydrogen (secondary N) is 2. The predicted octanol–water partition coefficient (Wildman–Crippen LogP) is 3.57. The van der Waals surface area contributed by atoms with Crippen molar-refractivity contribution >= 4 is 33.0 Å². The lowest BCUT2D eigenvalue weighted by Crippen LogP contribution is -2.49. The standard InChI is InChI=1S/C21H36N4O2S2/c1-6-24(7-2)29(26,27)19-12-11-16(3)20(14-19)23-21(28)22-15-18(5)25-13-9-8-10-17(25)4/h11-12,14,17-18H,6-10,13,15H2,1-5H3,(H2,22,23,28). The number of anilines is 1. The lowest BCUT2D eigenvalue weighted by Gasteiger charge is -2.38. The number of hydrogen-bond donors (Lipinski definition) is 2. The van der Waals surface area contributed by atoms with E-state index in [0.29, 0.717) is 30.3 Å². The van der Waals surface area contributed by atoms with E-state index < -0.39 is 10.0 Å². The molecule has 1 saturated heterocycles. The Labute approximate surface area is 182 Å². The Kier molecular flexibility index (Phi) is 8.88. The first kappa shape index (κ1) is 24.1. The summed E-state index contributed by atoms with van der Waals surface area (Å²) >= 11 is 5.48. The summed E-state index contributed by atoms with van der Waals surface area (Å²) in [5.41, 5.74) is 1.67. The third-order valence-electron chi connectivity index (χ3n) is 5.78. The molecule has 2 unspecified atom stereocenters. The summed E-state index contributed by atoms with van der Waals surface area (Å²) in [6.45, 7) is 12.9. The molecule has 164 valence electrons. The maximum atomic E-state index is 12.8. The third kappa shape index (κ3) is 6.13. The average molecular weight is 441 g/mol. The van der Waals surface area contributed by atoms with E-state index in [9.17, 15) is 8.42 Å². The van der Waals surface area contributed by atoms with Crippen LogP contribution in [0.3, 0.4) is 0 Å². The SMILES string of the molecule is CCN(CC)S(=O)(=O)c1ccc(C)c(NC(=S)NCC(C)N2CCCCC2C)c1. The molecule has 1 heterocycles.